The molecule has 10 heteroatoms. The number of hydrogen-bond acceptors (Lipinski definition) is 10. The quantitative estimate of drug-likeness (QED) is 0.598. The Labute approximate surface area is 178 Å². The molecule has 162 valence electrons. The van der Waals surface area contributed by atoms with E-state index in [0.29, 0.717) is 0 Å². The van der Waals surface area contributed by atoms with Gasteiger partial charge in [-0.2, -0.15) is 0 Å². The Kier molecular flexibility index (Phi) is 6.14. The maximum Gasteiger partial charge on any atom is 0.162 e. The summed E-state index contributed by atoms with van der Waals surface area (Å²) < 4.78 is 0. The molecule has 1 fully saturated rings. The average molecular weight is 413 g/mol. The molecule has 0 bridgehead atoms. The Morgan fingerprint density at radius 1 is 0.633 bits per heavy atom. The first-order chi connectivity index (χ1) is 14.9. The van der Waals surface area contributed by atoms with Gasteiger partial charge in [0.25, 0.3) is 0 Å². The molecule has 2 unspecified atom stereocenters. The average Bonchev–Trinajstić information content (AvgIpc) is 2.85. The Morgan fingerprint density at radius 3 is 1.67 bits per heavy atom. The van der Waals surface area contributed by atoms with Crippen LogP contribution in [0.5, 0.6) is 0 Å². The maximum atomic E-state index is 5.42. The second kappa shape index (κ2) is 9.32. The molecule has 0 aromatic carbocycles. The van der Waals surface area contributed by atoms with Gasteiger partial charge in [-0.05, 0) is 0 Å². The number of nitrogens with one attached hydrogen (secondary N) is 1. The van der Waals surface area contributed by atoms with E-state index in [1.54, 1.807) is 0 Å². The van der Waals surface area contributed by atoms with E-state index in [1.165, 1.54) is 0 Å². The first-order valence-corrected chi connectivity index (χ1v) is 11.2. The number of aliphatic imine (C=N–C) groups is 5. The van der Waals surface area contributed by atoms with Gasteiger partial charge >= 0.3 is 0 Å². The number of amidine groups is 2. The van der Waals surface area contributed by atoms with Crippen LogP contribution in [0.2, 0.25) is 0 Å². The standard InChI is InChI=1S/C20H32N10/c1-9-27(10-2-21-1)17-18(28-11-3-22-4-12-28)26-20(30-15-7-24-8-16-30)19(25-17)29-13-5-23-6-14-29/h1,3,5,17,20,24H,2,4,6-16H2. The van der Waals surface area contributed by atoms with Crippen molar-refractivity contribution in [1.29, 1.82) is 0 Å². The van der Waals surface area contributed by atoms with E-state index >= 15 is 0 Å². The van der Waals surface area contributed by atoms with E-state index in [4.69, 9.17) is 9.98 Å². The van der Waals surface area contributed by atoms with Crippen molar-refractivity contribution in [3.05, 3.63) is 0 Å². The fourth-order valence-corrected chi connectivity index (χ4v) is 4.61. The summed E-state index contributed by atoms with van der Waals surface area (Å²) in [6.07, 6.45) is 5.97. The summed E-state index contributed by atoms with van der Waals surface area (Å²) in [5.41, 5.74) is 0. The van der Waals surface area contributed by atoms with Gasteiger partial charge in [-0.25, -0.2) is 9.98 Å². The molecule has 5 aliphatic rings. The number of piperazine rings is 1. The lowest BCUT2D eigenvalue weighted by Gasteiger charge is -2.44. The molecule has 0 spiro atoms. The van der Waals surface area contributed by atoms with Crippen LogP contribution in [-0.4, -0.2) is 147 Å². The molecule has 0 saturated carbocycles. The number of hydrogen-bond donors (Lipinski definition) is 1. The van der Waals surface area contributed by atoms with Gasteiger partial charge in [-0.15, -0.1) is 0 Å². The monoisotopic (exact) mass is 412 g/mol. The highest BCUT2D eigenvalue weighted by molar-refractivity contribution is 6.00. The lowest BCUT2D eigenvalue weighted by molar-refractivity contribution is 0.192. The molecule has 2 atom stereocenters. The summed E-state index contributed by atoms with van der Waals surface area (Å²) >= 11 is 0. The topological polar surface area (TPSA) is 86.8 Å². The number of nitrogens with zero attached hydrogens (tertiary/aromatic N) is 9. The van der Waals surface area contributed by atoms with Crippen LogP contribution < -0.4 is 5.32 Å². The van der Waals surface area contributed by atoms with E-state index in [-0.39, 0.29) is 12.3 Å². The van der Waals surface area contributed by atoms with Crippen LogP contribution in [-0.2, 0) is 0 Å². The molecule has 30 heavy (non-hydrogen) atoms. The van der Waals surface area contributed by atoms with Crippen molar-refractivity contribution in [2.45, 2.75) is 12.3 Å². The Morgan fingerprint density at radius 2 is 1.17 bits per heavy atom. The van der Waals surface area contributed by atoms with Gasteiger partial charge in [-0.1, -0.05) is 0 Å². The van der Waals surface area contributed by atoms with E-state index in [2.05, 4.69) is 39.9 Å². The molecule has 0 aromatic heterocycles. The highest BCUT2D eigenvalue weighted by Gasteiger charge is 2.39. The summed E-state index contributed by atoms with van der Waals surface area (Å²) in [6, 6.07) is 0. The molecule has 1 saturated heterocycles. The van der Waals surface area contributed by atoms with Gasteiger partial charge in [-0.3, -0.25) is 24.8 Å². The molecule has 10 nitrogen and oxygen atoms in total. The van der Waals surface area contributed by atoms with Gasteiger partial charge in [0.05, 0.1) is 32.7 Å². The van der Waals surface area contributed by atoms with E-state index < -0.39 is 0 Å². The van der Waals surface area contributed by atoms with Crippen molar-refractivity contribution in [3.8, 4) is 0 Å². The van der Waals surface area contributed by atoms with Gasteiger partial charge in [0, 0.05) is 71.0 Å². The maximum absolute atomic E-state index is 5.42. The van der Waals surface area contributed by atoms with Crippen molar-refractivity contribution in [1.82, 2.24) is 24.9 Å². The summed E-state index contributed by atoms with van der Waals surface area (Å²) in [5.74, 6) is 2.19. The molecular formula is C20H32N10. The lowest BCUT2D eigenvalue weighted by atomic mass is 10.2. The SMILES string of the molecule is C1=NCCN(C2=NC(N3CCNCC3)C(N3CC=NCC3)=NC2N2CC=NCC2)C1. The van der Waals surface area contributed by atoms with Crippen LogP contribution in [0.1, 0.15) is 0 Å². The Balaban J connectivity index is 1.51. The Hall–Kier alpha value is -2.17. The van der Waals surface area contributed by atoms with Crippen LogP contribution >= 0.6 is 0 Å². The van der Waals surface area contributed by atoms with Crippen molar-refractivity contribution < 1.29 is 0 Å². The second-order valence-electron chi connectivity index (χ2n) is 8.16. The minimum absolute atomic E-state index is 0.0258. The predicted octanol–water partition coefficient (Wildman–Crippen LogP) is -1.49. The normalized spacial score (nSPS) is 31.1. The van der Waals surface area contributed by atoms with Crippen molar-refractivity contribution in [3.63, 3.8) is 0 Å². The third-order valence-corrected chi connectivity index (χ3v) is 6.28. The van der Waals surface area contributed by atoms with Gasteiger partial charge < -0.3 is 15.1 Å². The van der Waals surface area contributed by atoms with Crippen LogP contribution in [0.3, 0.4) is 0 Å². The zero-order chi connectivity index (χ0) is 20.2. The fraction of sp³-hybridized carbons (Fsp3) is 0.750. The summed E-state index contributed by atoms with van der Waals surface area (Å²) in [7, 11) is 0. The van der Waals surface area contributed by atoms with Gasteiger partial charge in [0.2, 0.25) is 0 Å². The predicted molar refractivity (Wildman–Crippen MR) is 122 cm³/mol. The lowest BCUT2D eigenvalue weighted by Crippen LogP contribution is -2.61. The van der Waals surface area contributed by atoms with Crippen molar-refractivity contribution in [2.75, 3.05) is 85.1 Å². The molecule has 0 aliphatic carbocycles. The van der Waals surface area contributed by atoms with E-state index in [0.717, 1.165) is 96.8 Å². The molecule has 5 heterocycles. The summed E-state index contributed by atoms with van der Waals surface area (Å²) in [4.78, 5) is 33.7. The Bertz CT molecular complexity index is 751. The minimum atomic E-state index is -0.0590. The minimum Gasteiger partial charge on any atom is -0.350 e. The third kappa shape index (κ3) is 4.17. The summed E-state index contributed by atoms with van der Waals surface area (Å²) in [5, 5.41) is 3.47. The highest BCUT2D eigenvalue weighted by Crippen LogP contribution is 2.22. The zero-order valence-corrected chi connectivity index (χ0v) is 17.6. The van der Waals surface area contributed by atoms with Crippen molar-refractivity contribution in [2.24, 2.45) is 25.0 Å². The van der Waals surface area contributed by atoms with E-state index in [1.807, 2.05) is 18.6 Å². The van der Waals surface area contributed by atoms with Crippen LogP contribution in [0, 0.1) is 0 Å². The first kappa shape index (κ1) is 19.8. The highest BCUT2D eigenvalue weighted by atomic mass is 15.4. The molecule has 1 N–H and O–H groups in total. The summed E-state index contributed by atoms with van der Waals surface area (Å²) in [6.45, 7) is 11.6. The smallest absolute Gasteiger partial charge is 0.162 e. The zero-order valence-electron chi connectivity index (χ0n) is 17.6. The largest absolute Gasteiger partial charge is 0.350 e. The van der Waals surface area contributed by atoms with Crippen LogP contribution in [0.4, 0.5) is 0 Å². The molecule has 0 aromatic rings. The molecule has 0 radical (unpaired) electrons. The van der Waals surface area contributed by atoms with Crippen molar-refractivity contribution >= 4 is 30.3 Å². The number of rotatable bonds is 2. The van der Waals surface area contributed by atoms with E-state index in [9.17, 15) is 0 Å². The molecule has 5 rings (SSSR count). The van der Waals surface area contributed by atoms with Crippen LogP contribution in [0.15, 0.2) is 25.0 Å². The fourth-order valence-electron chi connectivity index (χ4n) is 4.61. The van der Waals surface area contributed by atoms with Crippen LogP contribution in [0.25, 0.3) is 0 Å². The molecule has 0 amide bonds. The third-order valence-electron chi connectivity index (χ3n) is 6.28. The molecular weight excluding hydrogens is 380 g/mol. The second-order valence-corrected chi connectivity index (χ2v) is 8.16. The van der Waals surface area contributed by atoms with Gasteiger partial charge in [0.15, 0.2) is 12.3 Å². The first-order valence-electron chi connectivity index (χ1n) is 11.2. The molecule has 5 aliphatic heterocycles. The van der Waals surface area contributed by atoms with Gasteiger partial charge in [0.1, 0.15) is 11.7 Å².